The Hall–Kier alpha value is -2.04. The molecule has 0 aromatic heterocycles. The van der Waals surface area contributed by atoms with E-state index in [2.05, 4.69) is 10.6 Å². The smallest absolute Gasteiger partial charge is 0.321 e. The molecule has 1 heterocycles. The van der Waals surface area contributed by atoms with Crippen molar-refractivity contribution in [2.45, 2.75) is 39.5 Å². The molecule has 3 rings (SSSR count). The molecule has 1 saturated carbocycles. The van der Waals surface area contributed by atoms with E-state index in [0.717, 1.165) is 42.5 Å². The van der Waals surface area contributed by atoms with Gasteiger partial charge in [0.05, 0.1) is 5.92 Å². The molecule has 5 heteroatoms. The number of nitrogens with one attached hydrogen (secondary N) is 2. The zero-order valence-electron chi connectivity index (χ0n) is 14.8. The van der Waals surface area contributed by atoms with Gasteiger partial charge >= 0.3 is 6.03 Å². The maximum Gasteiger partial charge on any atom is 0.321 e. The Balaban J connectivity index is 1.76. The first-order chi connectivity index (χ1) is 11.4. The van der Waals surface area contributed by atoms with E-state index in [9.17, 15) is 9.59 Å². The van der Waals surface area contributed by atoms with Crippen LogP contribution in [0.25, 0.3) is 0 Å². The maximum absolute atomic E-state index is 12.8. The number of urea groups is 1. The molecule has 2 fully saturated rings. The number of hydrogen-bond acceptors (Lipinski definition) is 2. The number of rotatable bonds is 2. The average Bonchev–Trinajstić information content (AvgIpc) is 3.18. The monoisotopic (exact) mass is 329 g/mol. The van der Waals surface area contributed by atoms with Gasteiger partial charge in [0, 0.05) is 31.2 Å². The standard InChI is InChI=1S/C19H27N3O2/c1-13-6-7-14(2)16(10-13)21-18(24)22-11-15(17(23)20-3)19(12-22)8-4-5-9-19/h6-7,10,15H,4-5,8-9,11-12H2,1-3H3,(H,20,23)(H,21,24). The van der Waals surface area contributed by atoms with Crippen LogP contribution in [0.1, 0.15) is 36.8 Å². The van der Waals surface area contributed by atoms with Gasteiger partial charge in [0.1, 0.15) is 0 Å². The summed E-state index contributed by atoms with van der Waals surface area (Å²) >= 11 is 0. The van der Waals surface area contributed by atoms with Crippen molar-refractivity contribution >= 4 is 17.6 Å². The Bertz CT molecular complexity index is 650. The third kappa shape index (κ3) is 2.99. The number of likely N-dealkylation sites (tertiary alicyclic amines) is 1. The Morgan fingerprint density at radius 3 is 2.58 bits per heavy atom. The number of anilines is 1. The van der Waals surface area contributed by atoms with Crippen molar-refractivity contribution in [2.75, 3.05) is 25.5 Å². The summed E-state index contributed by atoms with van der Waals surface area (Å²) < 4.78 is 0. The highest BCUT2D eigenvalue weighted by molar-refractivity contribution is 5.91. The Kier molecular flexibility index (Phi) is 4.52. The van der Waals surface area contributed by atoms with E-state index in [1.165, 1.54) is 0 Å². The molecular formula is C19H27N3O2. The van der Waals surface area contributed by atoms with Crippen LogP contribution >= 0.6 is 0 Å². The van der Waals surface area contributed by atoms with Crippen LogP contribution in [0.4, 0.5) is 10.5 Å². The third-order valence-corrected chi connectivity index (χ3v) is 5.73. The van der Waals surface area contributed by atoms with E-state index in [0.29, 0.717) is 13.1 Å². The number of nitrogens with zero attached hydrogens (tertiary/aromatic N) is 1. The summed E-state index contributed by atoms with van der Waals surface area (Å²) in [7, 11) is 1.68. The molecule has 130 valence electrons. The summed E-state index contributed by atoms with van der Waals surface area (Å²) in [5.41, 5.74) is 2.99. The summed E-state index contributed by atoms with van der Waals surface area (Å²) in [6.07, 6.45) is 4.39. The molecule has 0 bridgehead atoms. The van der Waals surface area contributed by atoms with Gasteiger partial charge in [-0.2, -0.15) is 0 Å². The lowest BCUT2D eigenvalue weighted by molar-refractivity contribution is -0.127. The van der Waals surface area contributed by atoms with Crippen molar-refractivity contribution in [1.82, 2.24) is 10.2 Å². The minimum Gasteiger partial charge on any atom is -0.359 e. The van der Waals surface area contributed by atoms with Gasteiger partial charge in [-0.05, 0) is 43.9 Å². The fourth-order valence-electron chi connectivity index (χ4n) is 4.31. The first-order valence-electron chi connectivity index (χ1n) is 8.80. The van der Waals surface area contributed by atoms with Crippen molar-refractivity contribution in [3.05, 3.63) is 29.3 Å². The first-order valence-corrected chi connectivity index (χ1v) is 8.80. The van der Waals surface area contributed by atoms with Gasteiger partial charge in [-0.25, -0.2) is 4.79 Å². The molecule has 5 nitrogen and oxygen atoms in total. The number of carbonyl (C=O) groups is 2. The molecule has 1 spiro atoms. The van der Waals surface area contributed by atoms with E-state index in [1.807, 2.05) is 36.9 Å². The molecule has 1 unspecified atom stereocenters. The van der Waals surface area contributed by atoms with Crippen LogP contribution in [-0.4, -0.2) is 37.0 Å². The normalized spacial score (nSPS) is 22.0. The van der Waals surface area contributed by atoms with Gasteiger partial charge in [0.15, 0.2) is 0 Å². The third-order valence-electron chi connectivity index (χ3n) is 5.73. The van der Waals surface area contributed by atoms with E-state index in [1.54, 1.807) is 7.05 Å². The maximum atomic E-state index is 12.8. The van der Waals surface area contributed by atoms with E-state index < -0.39 is 0 Å². The fourth-order valence-corrected chi connectivity index (χ4v) is 4.31. The highest BCUT2D eigenvalue weighted by Gasteiger charge is 2.52. The summed E-state index contributed by atoms with van der Waals surface area (Å²) in [6, 6.07) is 5.95. The van der Waals surface area contributed by atoms with Crippen LogP contribution in [0, 0.1) is 25.2 Å². The fraction of sp³-hybridized carbons (Fsp3) is 0.579. The molecule has 2 aliphatic rings. The molecule has 2 N–H and O–H groups in total. The molecule has 3 amide bonds. The zero-order chi connectivity index (χ0) is 17.3. The molecule has 0 radical (unpaired) electrons. The van der Waals surface area contributed by atoms with Gasteiger partial charge < -0.3 is 15.5 Å². The molecule has 1 aliphatic carbocycles. The number of amides is 3. The van der Waals surface area contributed by atoms with Crippen LogP contribution in [0.5, 0.6) is 0 Å². The van der Waals surface area contributed by atoms with Crippen molar-refractivity contribution in [1.29, 1.82) is 0 Å². The lowest BCUT2D eigenvalue weighted by Gasteiger charge is -2.28. The molecule has 1 aliphatic heterocycles. The second-order valence-electron chi connectivity index (χ2n) is 7.37. The van der Waals surface area contributed by atoms with Crippen molar-refractivity contribution in [2.24, 2.45) is 11.3 Å². The highest BCUT2D eigenvalue weighted by Crippen LogP contribution is 2.49. The van der Waals surface area contributed by atoms with Crippen LogP contribution in [-0.2, 0) is 4.79 Å². The van der Waals surface area contributed by atoms with E-state index >= 15 is 0 Å². The quantitative estimate of drug-likeness (QED) is 0.876. The zero-order valence-corrected chi connectivity index (χ0v) is 14.8. The first kappa shape index (κ1) is 16.8. The molecule has 1 aromatic carbocycles. The Morgan fingerprint density at radius 1 is 1.21 bits per heavy atom. The second kappa shape index (κ2) is 6.46. The number of benzene rings is 1. The Morgan fingerprint density at radius 2 is 1.92 bits per heavy atom. The predicted molar refractivity (Wildman–Crippen MR) is 95.0 cm³/mol. The minimum atomic E-state index is -0.0959. The van der Waals surface area contributed by atoms with E-state index in [-0.39, 0.29) is 23.3 Å². The van der Waals surface area contributed by atoms with Crippen LogP contribution in [0.3, 0.4) is 0 Å². The number of hydrogen-bond donors (Lipinski definition) is 2. The summed E-state index contributed by atoms with van der Waals surface area (Å²) in [5, 5.41) is 5.82. The van der Waals surface area contributed by atoms with E-state index in [4.69, 9.17) is 0 Å². The number of aryl methyl sites for hydroxylation is 2. The van der Waals surface area contributed by atoms with Gasteiger partial charge in [-0.1, -0.05) is 25.0 Å². The lowest BCUT2D eigenvalue weighted by Crippen LogP contribution is -2.38. The summed E-state index contributed by atoms with van der Waals surface area (Å²) in [5.74, 6) is -0.0201. The van der Waals surface area contributed by atoms with Crippen molar-refractivity contribution in [3.8, 4) is 0 Å². The second-order valence-corrected chi connectivity index (χ2v) is 7.37. The average molecular weight is 329 g/mol. The molecule has 24 heavy (non-hydrogen) atoms. The van der Waals surface area contributed by atoms with Crippen LogP contribution in [0.15, 0.2) is 18.2 Å². The largest absolute Gasteiger partial charge is 0.359 e. The van der Waals surface area contributed by atoms with Crippen LogP contribution < -0.4 is 10.6 Å². The SMILES string of the molecule is CNC(=O)C1CN(C(=O)Nc2cc(C)ccc2C)CC12CCCC2. The van der Waals surface area contributed by atoms with Crippen molar-refractivity contribution in [3.63, 3.8) is 0 Å². The van der Waals surface area contributed by atoms with Gasteiger partial charge in [-0.3, -0.25) is 4.79 Å². The van der Waals surface area contributed by atoms with Gasteiger partial charge in [-0.15, -0.1) is 0 Å². The summed E-state index contributed by atoms with van der Waals surface area (Å²) in [4.78, 5) is 26.9. The minimum absolute atomic E-state index is 0.0287. The molecular weight excluding hydrogens is 302 g/mol. The van der Waals surface area contributed by atoms with Gasteiger partial charge in [0.2, 0.25) is 5.91 Å². The summed E-state index contributed by atoms with van der Waals surface area (Å²) in [6.45, 7) is 5.20. The van der Waals surface area contributed by atoms with Gasteiger partial charge in [0.25, 0.3) is 0 Å². The lowest BCUT2D eigenvalue weighted by atomic mass is 9.76. The highest BCUT2D eigenvalue weighted by atomic mass is 16.2. The molecule has 1 atom stereocenters. The predicted octanol–water partition coefficient (Wildman–Crippen LogP) is 3.07. The van der Waals surface area contributed by atoms with Crippen molar-refractivity contribution < 1.29 is 9.59 Å². The number of carbonyl (C=O) groups excluding carboxylic acids is 2. The molecule has 1 aromatic rings. The van der Waals surface area contributed by atoms with Crippen LogP contribution in [0.2, 0.25) is 0 Å². The molecule has 1 saturated heterocycles. The Labute approximate surface area is 143 Å². The topological polar surface area (TPSA) is 61.4 Å².